The third-order valence-corrected chi connectivity index (χ3v) is 4.27. The maximum Gasteiger partial charge on any atom is 0.322 e. The molecule has 0 aromatic heterocycles. The number of benzene rings is 2. The molecule has 0 fully saturated rings. The number of nitrogens with one attached hydrogen (secondary N) is 1. The van der Waals surface area contributed by atoms with Crippen LogP contribution in [0, 0.1) is 5.92 Å². The average molecular weight is 420 g/mol. The molecule has 5 nitrogen and oxygen atoms in total. The minimum absolute atomic E-state index is 0.188. The summed E-state index contributed by atoms with van der Waals surface area (Å²) in [5.41, 5.74) is 1.57. The Morgan fingerprint density at radius 2 is 1.46 bits per heavy atom. The van der Waals surface area contributed by atoms with E-state index in [0.29, 0.717) is 0 Å². The first-order valence-corrected chi connectivity index (χ1v) is 9.26. The minimum atomic E-state index is -1.11. The monoisotopic (exact) mass is 419 g/mol. The molecule has 1 N–H and O–H groups in total. The molecule has 138 valence electrons. The number of ether oxygens (including phenoxy) is 2. The summed E-state index contributed by atoms with van der Waals surface area (Å²) in [4.78, 5) is 25.1. The van der Waals surface area contributed by atoms with Crippen LogP contribution in [0.4, 0.5) is 5.69 Å². The van der Waals surface area contributed by atoms with E-state index in [9.17, 15) is 9.59 Å². The van der Waals surface area contributed by atoms with Crippen LogP contribution in [-0.2, 0) is 19.1 Å². The summed E-state index contributed by atoms with van der Waals surface area (Å²) in [7, 11) is 0. The molecule has 0 heterocycles. The fourth-order valence-electron chi connectivity index (χ4n) is 2.58. The van der Waals surface area contributed by atoms with Gasteiger partial charge in [-0.15, -0.1) is 0 Å². The molecule has 0 radical (unpaired) electrons. The Kier molecular flexibility index (Phi) is 7.66. The SMILES string of the molecule is CCOC(=O)C(C(=O)OCC)C(Nc1ccccc1)c1ccc(Br)cc1. The van der Waals surface area contributed by atoms with E-state index in [1.54, 1.807) is 13.8 Å². The molecule has 0 aliphatic carbocycles. The highest BCUT2D eigenvalue weighted by atomic mass is 79.9. The molecule has 0 saturated carbocycles. The first-order valence-electron chi connectivity index (χ1n) is 8.47. The molecule has 2 aromatic rings. The number of halogens is 1. The fourth-order valence-corrected chi connectivity index (χ4v) is 2.84. The lowest BCUT2D eigenvalue weighted by atomic mass is 9.92. The zero-order valence-electron chi connectivity index (χ0n) is 14.8. The summed E-state index contributed by atoms with van der Waals surface area (Å²) >= 11 is 3.40. The molecule has 2 aromatic carbocycles. The van der Waals surface area contributed by atoms with Crippen molar-refractivity contribution in [1.29, 1.82) is 0 Å². The van der Waals surface area contributed by atoms with Crippen LogP contribution in [0.25, 0.3) is 0 Å². The van der Waals surface area contributed by atoms with Crippen molar-refractivity contribution in [3.63, 3.8) is 0 Å². The molecular formula is C20H22BrNO4. The molecule has 1 atom stereocenters. The number of para-hydroxylation sites is 1. The van der Waals surface area contributed by atoms with Crippen molar-refractivity contribution in [3.05, 3.63) is 64.6 Å². The van der Waals surface area contributed by atoms with Gasteiger partial charge in [0.25, 0.3) is 0 Å². The fraction of sp³-hybridized carbons (Fsp3) is 0.300. The van der Waals surface area contributed by atoms with Gasteiger partial charge < -0.3 is 14.8 Å². The molecule has 0 bridgehead atoms. The maximum absolute atomic E-state index is 12.6. The van der Waals surface area contributed by atoms with E-state index in [1.807, 2.05) is 54.6 Å². The molecule has 2 rings (SSSR count). The Balaban J connectivity index is 2.44. The van der Waals surface area contributed by atoms with Crippen LogP contribution in [0.5, 0.6) is 0 Å². The van der Waals surface area contributed by atoms with Gasteiger partial charge in [-0.25, -0.2) is 0 Å². The number of esters is 2. The van der Waals surface area contributed by atoms with Crippen LogP contribution in [0.1, 0.15) is 25.5 Å². The van der Waals surface area contributed by atoms with Crippen LogP contribution in [-0.4, -0.2) is 25.2 Å². The predicted molar refractivity (Wildman–Crippen MR) is 104 cm³/mol. The normalized spacial score (nSPS) is 11.7. The Labute approximate surface area is 161 Å². The standard InChI is InChI=1S/C20H22BrNO4/c1-3-25-19(23)17(20(24)26-4-2)18(14-10-12-15(21)13-11-14)22-16-8-6-5-7-9-16/h5-13,17-18,22H,3-4H2,1-2H3. The number of hydrogen-bond donors (Lipinski definition) is 1. The lowest BCUT2D eigenvalue weighted by molar-refractivity contribution is -0.162. The zero-order valence-corrected chi connectivity index (χ0v) is 16.4. The zero-order chi connectivity index (χ0) is 18.9. The first kappa shape index (κ1) is 20.0. The van der Waals surface area contributed by atoms with Crippen LogP contribution in [0.3, 0.4) is 0 Å². The van der Waals surface area contributed by atoms with Gasteiger partial charge >= 0.3 is 11.9 Å². The van der Waals surface area contributed by atoms with Gasteiger partial charge in [-0.1, -0.05) is 46.3 Å². The van der Waals surface area contributed by atoms with Gasteiger partial charge in [-0.2, -0.15) is 0 Å². The quantitative estimate of drug-likeness (QED) is 0.508. The Morgan fingerprint density at radius 1 is 0.923 bits per heavy atom. The molecule has 1 unspecified atom stereocenters. The number of hydrogen-bond acceptors (Lipinski definition) is 5. The van der Waals surface area contributed by atoms with Crippen molar-refractivity contribution < 1.29 is 19.1 Å². The van der Waals surface area contributed by atoms with Crippen molar-refractivity contribution in [2.24, 2.45) is 5.92 Å². The van der Waals surface area contributed by atoms with Crippen molar-refractivity contribution in [2.75, 3.05) is 18.5 Å². The summed E-state index contributed by atoms with van der Waals surface area (Å²) in [6, 6.07) is 16.2. The molecular weight excluding hydrogens is 398 g/mol. The van der Waals surface area contributed by atoms with Crippen LogP contribution >= 0.6 is 15.9 Å². The van der Waals surface area contributed by atoms with Crippen LogP contribution in [0.15, 0.2) is 59.1 Å². The number of rotatable bonds is 8. The third kappa shape index (κ3) is 5.33. The van der Waals surface area contributed by atoms with E-state index in [4.69, 9.17) is 9.47 Å². The highest BCUT2D eigenvalue weighted by molar-refractivity contribution is 9.10. The summed E-state index contributed by atoms with van der Waals surface area (Å²) in [5, 5.41) is 3.28. The Morgan fingerprint density at radius 3 is 1.96 bits per heavy atom. The van der Waals surface area contributed by atoms with Crippen molar-refractivity contribution in [3.8, 4) is 0 Å². The lowest BCUT2D eigenvalue weighted by Crippen LogP contribution is -2.36. The summed E-state index contributed by atoms with van der Waals surface area (Å²) in [6.07, 6.45) is 0. The smallest absolute Gasteiger partial charge is 0.322 e. The summed E-state index contributed by atoms with van der Waals surface area (Å²) in [5.74, 6) is -2.33. The van der Waals surface area contributed by atoms with Crippen molar-refractivity contribution in [2.45, 2.75) is 19.9 Å². The number of carbonyl (C=O) groups is 2. The van der Waals surface area contributed by atoms with Crippen LogP contribution in [0.2, 0.25) is 0 Å². The largest absolute Gasteiger partial charge is 0.465 e. The van der Waals surface area contributed by atoms with E-state index in [0.717, 1.165) is 15.7 Å². The van der Waals surface area contributed by atoms with Gasteiger partial charge in [0.05, 0.1) is 19.3 Å². The third-order valence-electron chi connectivity index (χ3n) is 3.74. The first-order chi connectivity index (χ1) is 12.6. The molecule has 0 aliphatic rings. The Bertz CT molecular complexity index is 700. The molecule has 26 heavy (non-hydrogen) atoms. The predicted octanol–water partition coefficient (Wildman–Crippen LogP) is 4.34. The van der Waals surface area contributed by atoms with Gasteiger partial charge in [0.1, 0.15) is 0 Å². The van der Waals surface area contributed by atoms with Crippen molar-refractivity contribution >= 4 is 33.6 Å². The van der Waals surface area contributed by atoms with E-state index >= 15 is 0 Å². The van der Waals surface area contributed by atoms with Gasteiger partial charge in [0, 0.05) is 10.2 Å². The van der Waals surface area contributed by atoms with Gasteiger partial charge in [0.2, 0.25) is 0 Å². The number of anilines is 1. The maximum atomic E-state index is 12.6. The second-order valence-electron chi connectivity index (χ2n) is 5.52. The van der Waals surface area contributed by atoms with E-state index < -0.39 is 23.9 Å². The van der Waals surface area contributed by atoms with E-state index in [1.165, 1.54) is 0 Å². The lowest BCUT2D eigenvalue weighted by Gasteiger charge is -2.26. The molecule has 0 saturated heterocycles. The molecule has 6 heteroatoms. The highest BCUT2D eigenvalue weighted by Crippen LogP contribution is 2.30. The van der Waals surface area contributed by atoms with Gasteiger partial charge in [0.15, 0.2) is 5.92 Å². The van der Waals surface area contributed by atoms with Crippen LogP contribution < -0.4 is 5.32 Å². The average Bonchev–Trinajstić information content (AvgIpc) is 2.63. The van der Waals surface area contributed by atoms with Gasteiger partial charge in [-0.3, -0.25) is 9.59 Å². The minimum Gasteiger partial charge on any atom is -0.465 e. The van der Waals surface area contributed by atoms with Gasteiger partial charge in [-0.05, 0) is 43.7 Å². The summed E-state index contributed by atoms with van der Waals surface area (Å²) < 4.78 is 11.2. The second-order valence-corrected chi connectivity index (χ2v) is 6.44. The van der Waals surface area contributed by atoms with E-state index in [-0.39, 0.29) is 13.2 Å². The highest BCUT2D eigenvalue weighted by Gasteiger charge is 2.38. The molecule has 0 spiro atoms. The molecule has 0 aliphatic heterocycles. The Hall–Kier alpha value is -2.34. The second kappa shape index (κ2) is 9.97. The molecule has 0 amide bonds. The van der Waals surface area contributed by atoms with Crippen molar-refractivity contribution in [1.82, 2.24) is 0 Å². The summed E-state index contributed by atoms with van der Waals surface area (Å²) in [6.45, 7) is 3.79. The topological polar surface area (TPSA) is 64.6 Å². The number of carbonyl (C=O) groups excluding carboxylic acids is 2. The van der Waals surface area contributed by atoms with E-state index in [2.05, 4.69) is 21.2 Å².